The zero-order valence-electron chi connectivity index (χ0n) is 11.8. The summed E-state index contributed by atoms with van der Waals surface area (Å²) in [4.78, 5) is 12.3. The molecule has 22 heavy (non-hydrogen) atoms. The minimum Gasteiger partial charge on any atom is -0.459 e. The molecule has 2 aromatic carbocycles. The Morgan fingerprint density at radius 1 is 1.14 bits per heavy atom. The summed E-state index contributed by atoms with van der Waals surface area (Å²) in [6.45, 7) is 1.86. The van der Waals surface area contributed by atoms with Gasteiger partial charge in [-0.1, -0.05) is 47.5 Å². The molecule has 0 saturated heterocycles. The second kappa shape index (κ2) is 6.03. The molecular weight excluding hydrogens is 321 g/mol. The highest BCUT2D eigenvalue weighted by molar-refractivity contribution is 6.43. The standard InChI is InChI=1S/C17H13Cl2NO2/c1-10(15-9-11-5-2-3-8-14(11)22-15)20-17(21)12-6-4-7-13(18)16(12)19/h2-10H,1H3,(H,20,21). The highest BCUT2D eigenvalue weighted by Gasteiger charge is 2.18. The molecule has 0 saturated carbocycles. The fraction of sp³-hybridized carbons (Fsp3) is 0.118. The quantitative estimate of drug-likeness (QED) is 0.712. The van der Waals surface area contributed by atoms with Gasteiger partial charge in [0.1, 0.15) is 11.3 Å². The second-order valence-electron chi connectivity index (χ2n) is 4.98. The lowest BCUT2D eigenvalue weighted by molar-refractivity contribution is 0.0936. The van der Waals surface area contributed by atoms with Gasteiger partial charge in [0.15, 0.2) is 0 Å². The molecule has 0 aliphatic heterocycles. The zero-order valence-corrected chi connectivity index (χ0v) is 13.3. The largest absolute Gasteiger partial charge is 0.459 e. The molecule has 1 amide bonds. The van der Waals surface area contributed by atoms with Crippen LogP contribution in [-0.2, 0) is 0 Å². The molecule has 0 spiro atoms. The molecule has 0 bridgehead atoms. The highest BCUT2D eigenvalue weighted by atomic mass is 35.5. The van der Waals surface area contributed by atoms with Gasteiger partial charge in [0.05, 0.1) is 21.7 Å². The molecule has 1 heterocycles. The summed E-state index contributed by atoms with van der Waals surface area (Å²) < 4.78 is 5.75. The van der Waals surface area contributed by atoms with Crippen LogP contribution in [0.5, 0.6) is 0 Å². The predicted octanol–water partition coefficient (Wildman–Crippen LogP) is 5.23. The maximum Gasteiger partial charge on any atom is 0.253 e. The third kappa shape index (κ3) is 2.82. The molecule has 3 aromatic rings. The molecule has 0 aliphatic rings. The van der Waals surface area contributed by atoms with E-state index < -0.39 is 0 Å². The van der Waals surface area contributed by atoms with Crippen molar-refractivity contribution in [2.24, 2.45) is 0 Å². The van der Waals surface area contributed by atoms with E-state index in [1.807, 2.05) is 37.3 Å². The number of para-hydroxylation sites is 1. The van der Waals surface area contributed by atoms with E-state index in [-0.39, 0.29) is 17.0 Å². The summed E-state index contributed by atoms with van der Waals surface area (Å²) in [5.41, 5.74) is 1.14. The van der Waals surface area contributed by atoms with Crippen LogP contribution >= 0.6 is 23.2 Å². The summed E-state index contributed by atoms with van der Waals surface area (Å²) >= 11 is 12.0. The number of hydrogen-bond acceptors (Lipinski definition) is 2. The van der Waals surface area contributed by atoms with E-state index in [1.54, 1.807) is 18.2 Å². The third-order valence-corrected chi connectivity index (χ3v) is 4.23. The number of carbonyl (C=O) groups is 1. The number of fused-ring (bicyclic) bond motifs is 1. The minimum atomic E-state index is -0.291. The molecule has 0 radical (unpaired) electrons. The van der Waals surface area contributed by atoms with E-state index in [1.165, 1.54) is 0 Å². The molecule has 0 fully saturated rings. The van der Waals surface area contributed by atoms with Gasteiger partial charge in [0.2, 0.25) is 0 Å². The van der Waals surface area contributed by atoms with Gasteiger partial charge in [-0.25, -0.2) is 0 Å². The van der Waals surface area contributed by atoms with Crippen molar-refractivity contribution in [3.05, 3.63) is 69.9 Å². The van der Waals surface area contributed by atoms with Crippen LogP contribution in [0.15, 0.2) is 52.9 Å². The van der Waals surface area contributed by atoms with Crippen LogP contribution < -0.4 is 5.32 Å². The van der Waals surface area contributed by atoms with E-state index in [9.17, 15) is 4.79 Å². The Bertz CT molecular complexity index is 809. The van der Waals surface area contributed by atoms with Gasteiger partial charge in [-0.15, -0.1) is 0 Å². The van der Waals surface area contributed by atoms with Crippen LogP contribution in [0.1, 0.15) is 29.1 Å². The summed E-state index contributed by atoms with van der Waals surface area (Å²) in [7, 11) is 0. The lowest BCUT2D eigenvalue weighted by atomic mass is 10.1. The number of furan rings is 1. The molecule has 1 N–H and O–H groups in total. The Morgan fingerprint density at radius 3 is 2.68 bits per heavy atom. The predicted molar refractivity (Wildman–Crippen MR) is 88.6 cm³/mol. The van der Waals surface area contributed by atoms with Crippen molar-refractivity contribution < 1.29 is 9.21 Å². The smallest absolute Gasteiger partial charge is 0.253 e. The van der Waals surface area contributed by atoms with Crippen molar-refractivity contribution >= 4 is 40.1 Å². The van der Waals surface area contributed by atoms with E-state index in [0.717, 1.165) is 11.0 Å². The Hall–Kier alpha value is -1.97. The van der Waals surface area contributed by atoms with Crippen molar-refractivity contribution in [1.29, 1.82) is 0 Å². The lowest BCUT2D eigenvalue weighted by Crippen LogP contribution is -2.26. The molecule has 1 atom stereocenters. The molecule has 3 rings (SSSR count). The number of amides is 1. The Kier molecular flexibility index (Phi) is 4.10. The van der Waals surface area contributed by atoms with Crippen molar-refractivity contribution in [3.63, 3.8) is 0 Å². The van der Waals surface area contributed by atoms with E-state index in [0.29, 0.717) is 16.3 Å². The zero-order chi connectivity index (χ0) is 15.7. The maximum absolute atomic E-state index is 12.3. The first kappa shape index (κ1) is 14.9. The first-order chi connectivity index (χ1) is 10.6. The van der Waals surface area contributed by atoms with E-state index in [4.69, 9.17) is 27.6 Å². The van der Waals surface area contributed by atoms with Crippen LogP contribution in [0, 0.1) is 0 Å². The van der Waals surface area contributed by atoms with Crippen molar-refractivity contribution in [2.75, 3.05) is 0 Å². The molecule has 1 unspecified atom stereocenters. The average Bonchev–Trinajstić information content (AvgIpc) is 2.94. The Morgan fingerprint density at radius 2 is 1.91 bits per heavy atom. The number of carbonyl (C=O) groups excluding carboxylic acids is 1. The SMILES string of the molecule is CC(NC(=O)c1cccc(Cl)c1Cl)c1cc2ccccc2o1. The number of hydrogen-bond donors (Lipinski definition) is 1. The van der Waals surface area contributed by atoms with Gasteiger partial charge in [0.25, 0.3) is 5.91 Å². The molecule has 1 aromatic heterocycles. The van der Waals surface area contributed by atoms with Gasteiger partial charge in [0, 0.05) is 5.39 Å². The Balaban J connectivity index is 1.82. The Labute approximate surface area is 137 Å². The minimum absolute atomic E-state index is 0.249. The number of nitrogens with one attached hydrogen (secondary N) is 1. The van der Waals surface area contributed by atoms with Gasteiger partial charge >= 0.3 is 0 Å². The van der Waals surface area contributed by atoms with Gasteiger partial charge in [-0.05, 0) is 31.2 Å². The lowest BCUT2D eigenvalue weighted by Gasteiger charge is -2.12. The average molecular weight is 334 g/mol. The fourth-order valence-corrected chi connectivity index (χ4v) is 2.63. The topological polar surface area (TPSA) is 42.2 Å². The van der Waals surface area contributed by atoms with Crippen molar-refractivity contribution in [1.82, 2.24) is 5.32 Å². The number of rotatable bonds is 3. The second-order valence-corrected chi connectivity index (χ2v) is 5.77. The number of benzene rings is 2. The maximum atomic E-state index is 12.3. The normalized spacial score (nSPS) is 12.3. The molecule has 0 aliphatic carbocycles. The van der Waals surface area contributed by atoms with Crippen LogP contribution in [-0.4, -0.2) is 5.91 Å². The first-order valence-electron chi connectivity index (χ1n) is 6.79. The highest BCUT2D eigenvalue weighted by Crippen LogP contribution is 2.27. The van der Waals surface area contributed by atoms with Crippen molar-refractivity contribution in [2.45, 2.75) is 13.0 Å². The molecular formula is C17H13Cl2NO2. The van der Waals surface area contributed by atoms with Gasteiger partial charge in [-0.3, -0.25) is 4.79 Å². The molecule has 112 valence electrons. The molecule has 5 heteroatoms. The third-order valence-electron chi connectivity index (χ3n) is 3.42. The summed E-state index contributed by atoms with van der Waals surface area (Å²) in [5.74, 6) is 0.396. The first-order valence-corrected chi connectivity index (χ1v) is 7.55. The molecule has 3 nitrogen and oxygen atoms in total. The summed E-state index contributed by atoms with van der Waals surface area (Å²) in [5, 5.41) is 4.47. The van der Waals surface area contributed by atoms with Crippen LogP contribution in [0.25, 0.3) is 11.0 Å². The fourth-order valence-electron chi connectivity index (χ4n) is 2.24. The van der Waals surface area contributed by atoms with Crippen molar-refractivity contribution in [3.8, 4) is 0 Å². The van der Waals surface area contributed by atoms with E-state index in [2.05, 4.69) is 5.32 Å². The van der Waals surface area contributed by atoms with Gasteiger partial charge in [-0.2, -0.15) is 0 Å². The monoisotopic (exact) mass is 333 g/mol. The summed E-state index contributed by atoms with van der Waals surface area (Å²) in [6.07, 6.45) is 0. The van der Waals surface area contributed by atoms with Crippen LogP contribution in [0.3, 0.4) is 0 Å². The number of halogens is 2. The summed E-state index contributed by atoms with van der Waals surface area (Å²) in [6, 6.07) is 14.3. The van der Waals surface area contributed by atoms with E-state index >= 15 is 0 Å². The van der Waals surface area contributed by atoms with Gasteiger partial charge < -0.3 is 9.73 Å². The van der Waals surface area contributed by atoms with Crippen LogP contribution in [0.4, 0.5) is 0 Å². The van der Waals surface area contributed by atoms with Crippen LogP contribution in [0.2, 0.25) is 10.0 Å².